The Morgan fingerprint density at radius 2 is 1.77 bits per heavy atom. The van der Waals surface area contributed by atoms with Gasteiger partial charge in [0.2, 0.25) is 0 Å². The van der Waals surface area contributed by atoms with Gasteiger partial charge in [0.25, 0.3) is 11.8 Å². The molecule has 0 aliphatic heterocycles. The highest BCUT2D eigenvalue weighted by Crippen LogP contribution is 2.27. The first-order valence-electron chi connectivity index (χ1n) is 13.5. The number of benzene rings is 2. The molecule has 2 amide bonds. The lowest BCUT2D eigenvalue weighted by atomic mass is 10.0. The molecule has 2 N–H and O–H groups in total. The third kappa shape index (κ3) is 6.62. The van der Waals surface area contributed by atoms with Gasteiger partial charge in [0.1, 0.15) is 11.4 Å². The van der Waals surface area contributed by atoms with E-state index in [0.29, 0.717) is 22.0 Å². The first kappa shape index (κ1) is 30.4. The molecular formula is C31H27Cl2N9O2. The van der Waals surface area contributed by atoms with Crippen molar-refractivity contribution < 1.29 is 9.59 Å². The van der Waals surface area contributed by atoms with Crippen molar-refractivity contribution in [2.24, 2.45) is 0 Å². The molecule has 0 saturated carbocycles. The Hall–Kier alpha value is -5.05. The number of nitrogens with one attached hydrogen (secondary N) is 2. The number of rotatable bonds is 7. The van der Waals surface area contributed by atoms with Crippen molar-refractivity contribution in [3.8, 4) is 23.1 Å². The van der Waals surface area contributed by atoms with Crippen LogP contribution in [0.25, 0.3) is 17.1 Å². The van der Waals surface area contributed by atoms with Gasteiger partial charge in [-0.05, 0) is 69.7 Å². The minimum atomic E-state index is -0.571. The van der Waals surface area contributed by atoms with Gasteiger partial charge in [-0.25, -0.2) is 14.3 Å². The van der Waals surface area contributed by atoms with E-state index in [1.807, 2.05) is 39.0 Å². The van der Waals surface area contributed by atoms with Crippen LogP contribution in [0.15, 0.2) is 67.0 Å². The van der Waals surface area contributed by atoms with Crippen molar-refractivity contribution >= 4 is 40.7 Å². The van der Waals surface area contributed by atoms with Crippen LogP contribution in [0, 0.1) is 18.3 Å². The maximum atomic E-state index is 13.9. The summed E-state index contributed by atoms with van der Waals surface area (Å²) >= 11 is 12.8. The van der Waals surface area contributed by atoms with Crippen molar-refractivity contribution in [2.45, 2.75) is 39.8 Å². The van der Waals surface area contributed by atoms with Crippen LogP contribution in [-0.4, -0.2) is 47.1 Å². The second-order valence-electron chi connectivity index (χ2n) is 11.0. The smallest absolute Gasteiger partial charge is 0.274 e. The Morgan fingerprint density at radius 3 is 2.48 bits per heavy atom. The van der Waals surface area contributed by atoms with E-state index < -0.39 is 17.4 Å². The van der Waals surface area contributed by atoms with Crippen molar-refractivity contribution in [2.75, 3.05) is 5.32 Å². The molecule has 0 saturated heterocycles. The lowest BCUT2D eigenvalue weighted by Gasteiger charge is -2.22. The average Bonchev–Trinajstić information content (AvgIpc) is 3.61. The predicted molar refractivity (Wildman–Crippen MR) is 167 cm³/mol. The van der Waals surface area contributed by atoms with Gasteiger partial charge in [0.15, 0.2) is 5.82 Å². The number of hydrogen-bond acceptors (Lipinski definition) is 7. The van der Waals surface area contributed by atoms with Gasteiger partial charge < -0.3 is 10.6 Å². The predicted octanol–water partition coefficient (Wildman–Crippen LogP) is 5.84. The summed E-state index contributed by atoms with van der Waals surface area (Å²) < 4.78 is 2.92. The molecular weight excluding hydrogens is 601 g/mol. The number of carbonyl (C=O) groups is 2. The first-order chi connectivity index (χ1) is 20.9. The number of aromatic nitrogens is 6. The summed E-state index contributed by atoms with van der Waals surface area (Å²) in [7, 11) is 0. The number of pyridine rings is 1. The molecule has 5 aromatic rings. The third-order valence-electron chi connectivity index (χ3n) is 6.38. The summed E-state index contributed by atoms with van der Waals surface area (Å²) in [4.78, 5) is 31.5. The topological polar surface area (TPSA) is 143 Å². The molecule has 3 aromatic heterocycles. The summed E-state index contributed by atoms with van der Waals surface area (Å²) in [5, 5.41) is 29.2. The standard InChI is InChI=1S/C31H27Cl2N9O2/c1-18-12-19(15-34)13-22(29(43)37-31(2,3)4)27(18)36-30(44)26-14-20(39-42(26)28-24(33)10-7-11-35-28)16-41-17-25(38-40-41)21-8-5-6-9-23(21)32/h5-14,17H,16H2,1-4H3,(H,36,44)(H,37,43). The first-order valence-corrected chi connectivity index (χ1v) is 14.2. The molecule has 0 spiro atoms. The maximum Gasteiger partial charge on any atom is 0.274 e. The molecule has 0 fully saturated rings. The summed E-state index contributed by atoms with van der Waals surface area (Å²) in [6, 6.07) is 17.3. The van der Waals surface area contributed by atoms with Crippen LogP contribution < -0.4 is 10.6 Å². The summed E-state index contributed by atoms with van der Waals surface area (Å²) in [6.07, 6.45) is 3.27. The zero-order chi connectivity index (χ0) is 31.6. The van der Waals surface area contributed by atoms with E-state index in [0.717, 1.165) is 5.56 Å². The van der Waals surface area contributed by atoms with E-state index in [9.17, 15) is 14.9 Å². The van der Waals surface area contributed by atoms with Gasteiger partial charge in [-0.15, -0.1) is 5.10 Å². The largest absolute Gasteiger partial charge is 0.347 e. The van der Waals surface area contributed by atoms with Crippen molar-refractivity contribution in [3.63, 3.8) is 0 Å². The van der Waals surface area contributed by atoms with Crippen molar-refractivity contribution in [3.05, 3.63) is 105 Å². The molecule has 0 aliphatic carbocycles. The molecule has 5 rings (SSSR count). The quantitative estimate of drug-likeness (QED) is 0.230. The minimum absolute atomic E-state index is 0.109. The average molecular weight is 629 g/mol. The second-order valence-corrected chi connectivity index (χ2v) is 11.8. The molecule has 0 unspecified atom stereocenters. The lowest BCUT2D eigenvalue weighted by Crippen LogP contribution is -2.41. The number of carbonyl (C=O) groups excluding carboxylic acids is 2. The normalized spacial score (nSPS) is 11.2. The fourth-order valence-electron chi connectivity index (χ4n) is 4.48. The fourth-order valence-corrected chi connectivity index (χ4v) is 4.91. The van der Waals surface area contributed by atoms with Gasteiger partial charge in [-0.2, -0.15) is 10.4 Å². The van der Waals surface area contributed by atoms with Crippen molar-refractivity contribution in [1.82, 2.24) is 35.1 Å². The molecule has 0 atom stereocenters. The monoisotopic (exact) mass is 627 g/mol. The van der Waals surface area contributed by atoms with Gasteiger partial charge in [0, 0.05) is 17.3 Å². The van der Waals surface area contributed by atoms with Gasteiger partial charge in [-0.3, -0.25) is 9.59 Å². The molecule has 3 heterocycles. The Morgan fingerprint density at radius 1 is 1.02 bits per heavy atom. The molecule has 13 heteroatoms. The van der Waals surface area contributed by atoms with E-state index >= 15 is 0 Å². The molecule has 11 nitrogen and oxygen atoms in total. The minimum Gasteiger partial charge on any atom is -0.347 e. The zero-order valence-electron chi connectivity index (χ0n) is 24.3. The Bertz CT molecular complexity index is 1930. The van der Waals surface area contributed by atoms with E-state index in [-0.39, 0.29) is 39.9 Å². The summed E-state index contributed by atoms with van der Waals surface area (Å²) in [6.45, 7) is 7.41. The molecule has 2 aromatic carbocycles. The Labute approximate surface area is 263 Å². The number of anilines is 1. The number of halogens is 2. The lowest BCUT2D eigenvalue weighted by molar-refractivity contribution is 0.0920. The van der Waals surface area contributed by atoms with Crippen LogP contribution in [0.4, 0.5) is 5.69 Å². The van der Waals surface area contributed by atoms with E-state index in [1.54, 1.807) is 48.1 Å². The van der Waals surface area contributed by atoms with Gasteiger partial charge in [0.05, 0.1) is 51.4 Å². The van der Waals surface area contributed by atoms with Crippen molar-refractivity contribution in [1.29, 1.82) is 5.26 Å². The number of nitrogens with zero attached hydrogens (tertiary/aromatic N) is 7. The number of nitriles is 1. The van der Waals surface area contributed by atoms with Crippen LogP contribution in [0.1, 0.15) is 58.4 Å². The van der Waals surface area contributed by atoms with Gasteiger partial charge >= 0.3 is 0 Å². The number of hydrogen-bond donors (Lipinski definition) is 2. The summed E-state index contributed by atoms with van der Waals surface area (Å²) in [5.41, 5.74) is 2.58. The fraction of sp³-hybridized carbons (Fsp3) is 0.194. The highest BCUT2D eigenvalue weighted by Gasteiger charge is 2.25. The van der Waals surface area contributed by atoms with Crippen LogP contribution in [0.2, 0.25) is 10.0 Å². The second kappa shape index (κ2) is 12.3. The SMILES string of the molecule is Cc1cc(C#N)cc(C(=O)NC(C)(C)C)c1NC(=O)c1cc(Cn2cc(-c3ccccc3Cl)nn2)nn1-c1ncccc1Cl. The van der Waals surface area contributed by atoms with E-state index in [4.69, 9.17) is 23.2 Å². The number of aryl methyl sites for hydroxylation is 1. The zero-order valence-corrected chi connectivity index (χ0v) is 25.8. The number of amides is 2. The molecule has 44 heavy (non-hydrogen) atoms. The highest BCUT2D eigenvalue weighted by atomic mass is 35.5. The third-order valence-corrected chi connectivity index (χ3v) is 7.01. The van der Waals surface area contributed by atoms with Gasteiger partial charge in [-0.1, -0.05) is 46.6 Å². The summed E-state index contributed by atoms with van der Waals surface area (Å²) in [5.74, 6) is -0.767. The Balaban J connectivity index is 1.52. The van der Waals surface area contributed by atoms with Crippen LogP contribution >= 0.6 is 23.2 Å². The van der Waals surface area contributed by atoms with Crippen LogP contribution in [-0.2, 0) is 6.54 Å². The van der Waals surface area contributed by atoms with E-state index in [2.05, 4.69) is 37.1 Å². The molecule has 0 aliphatic rings. The molecule has 222 valence electrons. The Kier molecular flexibility index (Phi) is 8.49. The van der Waals surface area contributed by atoms with Crippen LogP contribution in [0.3, 0.4) is 0 Å². The molecule has 0 radical (unpaired) electrons. The van der Waals surface area contributed by atoms with Crippen LogP contribution in [0.5, 0.6) is 0 Å². The van der Waals surface area contributed by atoms with E-state index in [1.165, 1.54) is 16.9 Å². The maximum absolute atomic E-state index is 13.9. The highest BCUT2D eigenvalue weighted by molar-refractivity contribution is 6.33. The molecule has 0 bridgehead atoms.